The summed E-state index contributed by atoms with van der Waals surface area (Å²) in [6.45, 7) is 1.99. The zero-order valence-corrected chi connectivity index (χ0v) is 18.9. The van der Waals surface area contributed by atoms with Gasteiger partial charge in [0.05, 0.1) is 25.9 Å². The minimum absolute atomic E-state index is 0.223. The topological polar surface area (TPSA) is 92.0 Å². The van der Waals surface area contributed by atoms with Crippen molar-refractivity contribution in [2.24, 2.45) is 0 Å². The van der Waals surface area contributed by atoms with Crippen LogP contribution in [0.1, 0.15) is 22.4 Å². The van der Waals surface area contributed by atoms with Crippen molar-refractivity contribution in [1.82, 2.24) is 14.6 Å². The average molecular weight is 452 g/mol. The number of fused-ring (bicyclic) bond motifs is 1. The maximum atomic E-state index is 13.0. The molecule has 164 valence electrons. The summed E-state index contributed by atoms with van der Waals surface area (Å²) in [6, 6.07) is 11.3. The second-order valence-corrected chi connectivity index (χ2v) is 8.10. The van der Waals surface area contributed by atoms with E-state index >= 15 is 0 Å². The second-order valence-electron chi connectivity index (χ2n) is 7.09. The fourth-order valence-electron chi connectivity index (χ4n) is 3.29. The van der Waals surface area contributed by atoms with E-state index in [1.54, 1.807) is 18.2 Å². The highest BCUT2D eigenvalue weighted by atomic mass is 32.1. The number of aromatic nitrogens is 3. The Morgan fingerprint density at radius 3 is 2.25 bits per heavy atom. The van der Waals surface area contributed by atoms with E-state index in [2.05, 4.69) is 10.1 Å². The van der Waals surface area contributed by atoms with Crippen molar-refractivity contribution in [2.45, 2.75) is 13.3 Å². The molecule has 0 amide bonds. The number of hydrogen-bond acceptors (Lipinski definition) is 8. The fourth-order valence-corrected chi connectivity index (χ4v) is 4.19. The number of aryl methyl sites for hydroxylation is 1. The van der Waals surface area contributed by atoms with E-state index in [1.165, 1.54) is 25.8 Å². The fraction of sp³-hybridized carbons (Fsp3) is 0.217. The van der Waals surface area contributed by atoms with Gasteiger partial charge >= 0.3 is 0 Å². The molecule has 0 spiro atoms. The van der Waals surface area contributed by atoms with E-state index in [-0.39, 0.29) is 16.2 Å². The van der Waals surface area contributed by atoms with Crippen LogP contribution in [-0.2, 0) is 6.42 Å². The molecule has 0 saturated carbocycles. The van der Waals surface area contributed by atoms with Crippen LogP contribution in [0.15, 0.2) is 46.0 Å². The van der Waals surface area contributed by atoms with Gasteiger partial charge in [-0.2, -0.15) is 14.6 Å². The molecule has 4 rings (SSSR count). The number of rotatable bonds is 6. The molecule has 4 aromatic rings. The van der Waals surface area contributed by atoms with E-state index in [0.29, 0.717) is 33.8 Å². The minimum Gasteiger partial charge on any atom is -0.493 e. The van der Waals surface area contributed by atoms with E-state index < -0.39 is 5.56 Å². The monoisotopic (exact) mass is 451 g/mol. The molecule has 2 heterocycles. The van der Waals surface area contributed by atoms with E-state index in [1.807, 2.05) is 31.2 Å². The molecule has 32 heavy (non-hydrogen) atoms. The number of nitrogens with zero attached hydrogens (tertiary/aromatic N) is 3. The Morgan fingerprint density at radius 1 is 1.00 bits per heavy atom. The molecular formula is C23H21N3O5S. The van der Waals surface area contributed by atoms with Gasteiger partial charge in [-0.1, -0.05) is 41.2 Å². The first kappa shape index (κ1) is 21.5. The highest BCUT2D eigenvalue weighted by molar-refractivity contribution is 7.15. The predicted molar refractivity (Wildman–Crippen MR) is 122 cm³/mol. The number of methoxy groups -OCH3 is 3. The third-order valence-corrected chi connectivity index (χ3v) is 5.89. The molecule has 2 aromatic heterocycles. The summed E-state index contributed by atoms with van der Waals surface area (Å²) < 4.78 is 17.6. The van der Waals surface area contributed by atoms with Gasteiger partial charge < -0.3 is 14.2 Å². The first-order valence-electron chi connectivity index (χ1n) is 9.73. The van der Waals surface area contributed by atoms with Crippen molar-refractivity contribution in [1.29, 1.82) is 0 Å². The zero-order chi connectivity index (χ0) is 22.8. The summed E-state index contributed by atoms with van der Waals surface area (Å²) >= 11 is 1.10. The Kier molecular flexibility index (Phi) is 5.91. The first-order valence-corrected chi connectivity index (χ1v) is 10.5. The number of benzene rings is 2. The largest absolute Gasteiger partial charge is 0.493 e. The highest BCUT2D eigenvalue weighted by Gasteiger charge is 2.14. The molecule has 2 aromatic carbocycles. The Labute approximate surface area is 187 Å². The quantitative estimate of drug-likeness (QED) is 0.443. The maximum Gasteiger partial charge on any atom is 0.296 e. The van der Waals surface area contributed by atoms with Gasteiger partial charge in [-0.25, -0.2) is 0 Å². The van der Waals surface area contributed by atoms with Gasteiger partial charge in [-0.05, 0) is 36.3 Å². The molecule has 9 heteroatoms. The molecule has 0 aliphatic heterocycles. The van der Waals surface area contributed by atoms with Crippen LogP contribution in [0.2, 0.25) is 0 Å². The standard InChI is InChI=1S/C23H21N3O5S/c1-13-5-7-14(8-6-13)9-16-21(27)24-23-26(25-16)22(28)19(32-23)12-15-10-17(29-2)20(31-4)18(11-15)30-3/h5-8,10-12H,9H2,1-4H3/b19-12-. The van der Waals surface area contributed by atoms with Gasteiger partial charge in [-0.3, -0.25) is 9.59 Å². The third kappa shape index (κ3) is 4.06. The molecular weight excluding hydrogens is 430 g/mol. The Morgan fingerprint density at radius 2 is 1.66 bits per heavy atom. The van der Waals surface area contributed by atoms with Crippen LogP contribution in [-0.4, -0.2) is 35.9 Å². The van der Waals surface area contributed by atoms with Crippen molar-refractivity contribution in [3.63, 3.8) is 0 Å². The molecule has 0 atom stereocenters. The summed E-state index contributed by atoms with van der Waals surface area (Å²) in [5, 5.41) is 4.30. The number of thiazole rings is 1. The molecule has 0 aliphatic rings. The molecule has 0 saturated heterocycles. The maximum absolute atomic E-state index is 13.0. The predicted octanol–water partition coefficient (Wildman–Crippen LogP) is 1.98. The Bertz CT molecular complexity index is 1430. The number of ether oxygens (including phenoxy) is 3. The second kappa shape index (κ2) is 8.80. The van der Waals surface area contributed by atoms with Crippen molar-refractivity contribution in [3.8, 4) is 17.2 Å². The SMILES string of the molecule is COc1cc(/C=c2\sc3nc(=O)c(Cc4ccc(C)cc4)nn3c2=O)cc(OC)c1OC. The van der Waals surface area contributed by atoms with Crippen LogP contribution in [0, 0.1) is 6.92 Å². The van der Waals surface area contributed by atoms with Crippen LogP contribution in [0.25, 0.3) is 11.0 Å². The van der Waals surface area contributed by atoms with Crippen molar-refractivity contribution in [2.75, 3.05) is 21.3 Å². The minimum atomic E-state index is -0.439. The lowest BCUT2D eigenvalue weighted by Gasteiger charge is -2.12. The third-order valence-electron chi connectivity index (χ3n) is 4.93. The summed E-state index contributed by atoms with van der Waals surface area (Å²) in [5.74, 6) is 1.40. The van der Waals surface area contributed by atoms with E-state index in [9.17, 15) is 9.59 Å². The van der Waals surface area contributed by atoms with E-state index in [0.717, 1.165) is 22.5 Å². The van der Waals surface area contributed by atoms with Gasteiger partial charge in [0.2, 0.25) is 10.7 Å². The molecule has 0 fully saturated rings. The van der Waals surface area contributed by atoms with Crippen LogP contribution in [0.5, 0.6) is 17.2 Å². The summed E-state index contributed by atoms with van der Waals surface area (Å²) in [5.41, 5.74) is 2.15. The lowest BCUT2D eigenvalue weighted by molar-refractivity contribution is 0.324. The lowest BCUT2D eigenvalue weighted by Crippen LogP contribution is -2.28. The van der Waals surface area contributed by atoms with Crippen molar-refractivity contribution >= 4 is 22.4 Å². The smallest absolute Gasteiger partial charge is 0.296 e. The Balaban J connectivity index is 1.80. The average Bonchev–Trinajstić information content (AvgIpc) is 3.08. The Hall–Kier alpha value is -3.72. The first-order chi connectivity index (χ1) is 15.4. The van der Waals surface area contributed by atoms with Gasteiger partial charge in [0.25, 0.3) is 11.1 Å². The summed E-state index contributed by atoms with van der Waals surface area (Å²) in [6.07, 6.45) is 1.98. The van der Waals surface area contributed by atoms with Crippen LogP contribution in [0.3, 0.4) is 0 Å². The van der Waals surface area contributed by atoms with Gasteiger partial charge in [0, 0.05) is 6.42 Å². The van der Waals surface area contributed by atoms with Crippen LogP contribution < -0.4 is 29.9 Å². The molecule has 0 bridgehead atoms. The lowest BCUT2D eigenvalue weighted by atomic mass is 10.1. The molecule has 0 aliphatic carbocycles. The van der Waals surface area contributed by atoms with Gasteiger partial charge in [0.15, 0.2) is 11.5 Å². The normalized spacial score (nSPS) is 11.7. The number of hydrogen-bond donors (Lipinski definition) is 0. The molecule has 0 radical (unpaired) electrons. The molecule has 0 N–H and O–H groups in total. The molecule has 0 unspecified atom stereocenters. The van der Waals surface area contributed by atoms with Gasteiger partial charge in [-0.15, -0.1) is 0 Å². The van der Waals surface area contributed by atoms with Crippen molar-refractivity contribution < 1.29 is 14.2 Å². The summed E-state index contributed by atoms with van der Waals surface area (Å²) in [7, 11) is 4.57. The van der Waals surface area contributed by atoms with Crippen LogP contribution >= 0.6 is 11.3 Å². The summed E-state index contributed by atoms with van der Waals surface area (Å²) in [4.78, 5) is 29.8. The van der Waals surface area contributed by atoms with E-state index in [4.69, 9.17) is 14.2 Å². The molecule has 8 nitrogen and oxygen atoms in total. The zero-order valence-electron chi connectivity index (χ0n) is 18.0. The van der Waals surface area contributed by atoms with Gasteiger partial charge in [0.1, 0.15) is 5.69 Å². The van der Waals surface area contributed by atoms with Crippen molar-refractivity contribution in [3.05, 3.63) is 84.0 Å². The highest BCUT2D eigenvalue weighted by Crippen LogP contribution is 2.38. The van der Waals surface area contributed by atoms with Crippen LogP contribution in [0.4, 0.5) is 0 Å².